The van der Waals surface area contributed by atoms with Crippen LogP contribution in [0.5, 0.6) is 0 Å². The standard InChI is InChI=1S/C14H17BrClN5/c1-4-21(5-2)14-19-12(16)18-13(20-14)17-11-8-9(3)6-7-10(11)15/h6-8H,4-5H2,1-3H3,(H,17,18,19,20). The zero-order chi connectivity index (χ0) is 15.4. The third-order valence-corrected chi connectivity index (χ3v) is 3.87. The topological polar surface area (TPSA) is 53.9 Å². The molecule has 0 unspecified atom stereocenters. The van der Waals surface area contributed by atoms with Crippen LogP contribution in [0.1, 0.15) is 19.4 Å². The van der Waals surface area contributed by atoms with E-state index in [9.17, 15) is 0 Å². The summed E-state index contributed by atoms with van der Waals surface area (Å²) in [6.07, 6.45) is 0. The van der Waals surface area contributed by atoms with Gasteiger partial charge in [0.2, 0.25) is 17.2 Å². The number of nitrogens with zero attached hydrogens (tertiary/aromatic N) is 4. The van der Waals surface area contributed by atoms with E-state index in [-0.39, 0.29) is 5.28 Å². The maximum absolute atomic E-state index is 6.00. The lowest BCUT2D eigenvalue weighted by Crippen LogP contribution is -2.24. The summed E-state index contributed by atoms with van der Waals surface area (Å²) in [6, 6.07) is 6.02. The van der Waals surface area contributed by atoms with Crippen LogP contribution in [0.25, 0.3) is 0 Å². The van der Waals surface area contributed by atoms with Crippen LogP contribution in [-0.4, -0.2) is 28.0 Å². The van der Waals surface area contributed by atoms with E-state index in [0.29, 0.717) is 11.9 Å². The molecule has 1 aromatic heterocycles. The van der Waals surface area contributed by atoms with Gasteiger partial charge in [0.1, 0.15) is 0 Å². The average molecular weight is 371 g/mol. The molecule has 0 aliphatic carbocycles. The first-order valence-electron chi connectivity index (χ1n) is 6.73. The van der Waals surface area contributed by atoms with Crippen molar-refractivity contribution in [3.05, 3.63) is 33.5 Å². The predicted octanol–water partition coefficient (Wildman–Crippen LogP) is 4.19. The van der Waals surface area contributed by atoms with Gasteiger partial charge in [-0.05, 0) is 66.0 Å². The lowest BCUT2D eigenvalue weighted by Gasteiger charge is -2.19. The van der Waals surface area contributed by atoms with Gasteiger partial charge >= 0.3 is 0 Å². The Kier molecular flexibility index (Phi) is 5.36. The van der Waals surface area contributed by atoms with E-state index < -0.39 is 0 Å². The largest absolute Gasteiger partial charge is 0.341 e. The Morgan fingerprint density at radius 3 is 2.57 bits per heavy atom. The number of aromatic nitrogens is 3. The number of rotatable bonds is 5. The molecule has 21 heavy (non-hydrogen) atoms. The summed E-state index contributed by atoms with van der Waals surface area (Å²) in [5.41, 5.74) is 2.03. The molecule has 5 nitrogen and oxygen atoms in total. The highest BCUT2D eigenvalue weighted by Gasteiger charge is 2.11. The van der Waals surface area contributed by atoms with E-state index in [2.05, 4.69) is 36.2 Å². The maximum atomic E-state index is 6.00. The Morgan fingerprint density at radius 2 is 1.90 bits per heavy atom. The van der Waals surface area contributed by atoms with E-state index in [1.165, 1.54) is 0 Å². The zero-order valence-corrected chi connectivity index (χ0v) is 14.5. The Hall–Kier alpha value is -1.40. The molecule has 7 heteroatoms. The molecule has 1 N–H and O–H groups in total. The minimum absolute atomic E-state index is 0.179. The summed E-state index contributed by atoms with van der Waals surface area (Å²) in [6.45, 7) is 7.74. The van der Waals surface area contributed by atoms with E-state index in [1.54, 1.807) is 0 Å². The van der Waals surface area contributed by atoms with E-state index >= 15 is 0 Å². The van der Waals surface area contributed by atoms with Crippen molar-refractivity contribution in [2.75, 3.05) is 23.3 Å². The smallest absolute Gasteiger partial charge is 0.233 e. The third kappa shape index (κ3) is 4.04. The van der Waals surface area contributed by atoms with Crippen LogP contribution < -0.4 is 10.2 Å². The molecular weight excluding hydrogens is 354 g/mol. The Bertz CT molecular complexity index is 631. The van der Waals surface area contributed by atoms with Crippen LogP contribution in [0, 0.1) is 6.92 Å². The second kappa shape index (κ2) is 7.04. The van der Waals surface area contributed by atoms with Crippen molar-refractivity contribution in [2.24, 2.45) is 0 Å². The summed E-state index contributed by atoms with van der Waals surface area (Å²) in [5.74, 6) is 1.01. The van der Waals surface area contributed by atoms with Gasteiger partial charge in [0.25, 0.3) is 0 Å². The van der Waals surface area contributed by atoms with E-state index in [4.69, 9.17) is 11.6 Å². The first kappa shape index (κ1) is 16.0. The van der Waals surface area contributed by atoms with Crippen molar-refractivity contribution < 1.29 is 0 Å². The first-order chi connectivity index (χ1) is 10.0. The Balaban J connectivity index is 2.34. The molecule has 2 rings (SSSR count). The minimum Gasteiger partial charge on any atom is -0.341 e. The second-order valence-corrected chi connectivity index (χ2v) is 5.70. The van der Waals surface area contributed by atoms with Crippen LogP contribution in [0.15, 0.2) is 22.7 Å². The number of hydrogen-bond donors (Lipinski definition) is 1. The second-order valence-electron chi connectivity index (χ2n) is 4.51. The van der Waals surface area contributed by atoms with Crippen molar-refractivity contribution in [3.63, 3.8) is 0 Å². The maximum Gasteiger partial charge on any atom is 0.233 e. The highest BCUT2D eigenvalue weighted by atomic mass is 79.9. The summed E-state index contributed by atoms with van der Waals surface area (Å²) in [4.78, 5) is 14.8. The van der Waals surface area contributed by atoms with Crippen molar-refractivity contribution in [3.8, 4) is 0 Å². The molecule has 1 aromatic carbocycles. The van der Waals surface area contributed by atoms with Crippen LogP contribution >= 0.6 is 27.5 Å². The Labute approximate surface area is 137 Å². The average Bonchev–Trinajstić information content (AvgIpc) is 2.44. The molecule has 0 aliphatic heterocycles. The lowest BCUT2D eigenvalue weighted by atomic mass is 10.2. The number of anilines is 3. The molecule has 0 bridgehead atoms. The quantitative estimate of drug-likeness (QED) is 0.855. The molecule has 1 heterocycles. The highest BCUT2D eigenvalue weighted by Crippen LogP contribution is 2.26. The molecule has 0 spiro atoms. The van der Waals surface area contributed by atoms with E-state index in [1.807, 2.05) is 43.9 Å². The molecule has 0 fully saturated rings. The van der Waals surface area contributed by atoms with Gasteiger partial charge in [-0.1, -0.05) is 6.07 Å². The van der Waals surface area contributed by atoms with Crippen molar-refractivity contribution in [1.29, 1.82) is 0 Å². The monoisotopic (exact) mass is 369 g/mol. The minimum atomic E-state index is 0.179. The van der Waals surface area contributed by atoms with Crippen LogP contribution in [0.3, 0.4) is 0 Å². The fourth-order valence-corrected chi connectivity index (χ4v) is 2.40. The summed E-state index contributed by atoms with van der Waals surface area (Å²) in [7, 11) is 0. The number of aryl methyl sites for hydroxylation is 1. The molecule has 112 valence electrons. The normalized spacial score (nSPS) is 10.5. The van der Waals surface area contributed by atoms with Crippen LogP contribution in [-0.2, 0) is 0 Å². The zero-order valence-electron chi connectivity index (χ0n) is 12.2. The molecule has 0 atom stereocenters. The van der Waals surface area contributed by atoms with Gasteiger partial charge in [-0.2, -0.15) is 15.0 Å². The van der Waals surface area contributed by atoms with Gasteiger partial charge in [-0.25, -0.2) is 0 Å². The third-order valence-electron chi connectivity index (χ3n) is 3.01. The molecule has 0 radical (unpaired) electrons. The van der Waals surface area contributed by atoms with Gasteiger partial charge in [0, 0.05) is 17.6 Å². The predicted molar refractivity (Wildman–Crippen MR) is 90.6 cm³/mol. The summed E-state index contributed by atoms with van der Waals surface area (Å²) in [5, 5.41) is 3.36. The van der Waals surface area contributed by atoms with Crippen molar-refractivity contribution >= 4 is 45.1 Å². The fraction of sp³-hybridized carbons (Fsp3) is 0.357. The molecule has 2 aromatic rings. The fourth-order valence-electron chi connectivity index (χ4n) is 1.90. The van der Waals surface area contributed by atoms with Gasteiger partial charge in [-0.15, -0.1) is 0 Å². The van der Waals surface area contributed by atoms with Gasteiger partial charge in [-0.3, -0.25) is 0 Å². The summed E-state index contributed by atoms with van der Waals surface area (Å²) < 4.78 is 0.939. The molecule has 0 saturated carbocycles. The van der Waals surface area contributed by atoms with Crippen molar-refractivity contribution in [2.45, 2.75) is 20.8 Å². The summed E-state index contributed by atoms with van der Waals surface area (Å²) >= 11 is 9.51. The lowest BCUT2D eigenvalue weighted by molar-refractivity contribution is 0.814. The number of halogens is 2. The van der Waals surface area contributed by atoms with Crippen molar-refractivity contribution in [1.82, 2.24) is 15.0 Å². The molecule has 0 saturated heterocycles. The number of nitrogens with one attached hydrogen (secondary N) is 1. The number of hydrogen-bond acceptors (Lipinski definition) is 5. The first-order valence-corrected chi connectivity index (χ1v) is 7.90. The molecule has 0 amide bonds. The van der Waals surface area contributed by atoms with Gasteiger partial charge < -0.3 is 10.2 Å². The molecule has 0 aliphatic rings. The molecular formula is C14H17BrClN5. The highest BCUT2D eigenvalue weighted by molar-refractivity contribution is 9.10. The SMILES string of the molecule is CCN(CC)c1nc(Cl)nc(Nc2cc(C)ccc2Br)n1. The van der Waals surface area contributed by atoms with Gasteiger partial charge in [0.15, 0.2) is 0 Å². The van der Waals surface area contributed by atoms with E-state index in [0.717, 1.165) is 28.8 Å². The van der Waals surface area contributed by atoms with Crippen LogP contribution in [0.2, 0.25) is 5.28 Å². The van der Waals surface area contributed by atoms with Crippen LogP contribution in [0.4, 0.5) is 17.6 Å². The number of benzene rings is 1. The van der Waals surface area contributed by atoms with Gasteiger partial charge in [0.05, 0.1) is 5.69 Å². The Morgan fingerprint density at radius 1 is 1.19 bits per heavy atom.